The molecule has 0 unspecified atom stereocenters. The highest BCUT2D eigenvalue weighted by Gasteiger charge is 2.22. The van der Waals surface area contributed by atoms with Gasteiger partial charge >= 0.3 is 0 Å². The molecule has 0 saturated carbocycles. The van der Waals surface area contributed by atoms with Crippen LogP contribution in [0.1, 0.15) is 45.2 Å². The zero-order chi connectivity index (χ0) is 27.9. The summed E-state index contributed by atoms with van der Waals surface area (Å²) in [7, 11) is 6.80. The molecule has 5 aromatic rings. The average Bonchev–Trinajstić information content (AvgIpc) is 3.02. The smallest absolute Gasteiger partial charge is 0.119 e. The van der Waals surface area contributed by atoms with Crippen LogP contribution in [0, 0.1) is 0 Å². The second-order valence-electron chi connectivity index (χ2n) is 9.64. The van der Waals surface area contributed by atoms with Gasteiger partial charge in [-0.1, -0.05) is 72.8 Å². The summed E-state index contributed by atoms with van der Waals surface area (Å²) in [6, 6.07) is 42.0. The van der Waals surface area contributed by atoms with E-state index in [0.717, 1.165) is 45.3 Å². The first-order valence-electron chi connectivity index (χ1n) is 13.3. The maximum atomic E-state index is 5.56. The van der Waals surface area contributed by atoms with Crippen LogP contribution in [0.15, 0.2) is 121 Å². The first kappa shape index (κ1) is 26.9. The minimum atomic E-state index is 0.00587. The molecule has 40 heavy (non-hydrogen) atoms. The molecule has 0 N–H and O–H groups in total. The molecule has 5 aromatic carbocycles. The van der Waals surface area contributed by atoms with E-state index in [2.05, 4.69) is 72.8 Å². The van der Waals surface area contributed by atoms with Crippen molar-refractivity contribution in [1.29, 1.82) is 0 Å². The van der Waals surface area contributed by atoms with Crippen molar-refractivity contribution in [3.8, 4) is 23.0 Å². The SMILES string of the molecule is COc1cccc(C(c2ccc(C(c3cccc(OC)c3)c3cccc(OC)c3)cc2)c2cccc(OC)c2)c1. The van der Waals surface area contributed by atoms with Gasteiger partial charge in [0.05, 0.1) is 28.4 Å². The molecular weight excluding hydrogens is 496 g/mol. The number of methoxy groups -OCH3 is 4. The first-order chi connectivity index (χ1) is 19.6. The highest BCUT2D eigenvalue weighted by Crippen LogP contribution is 2.38. The third kappa shape index (κ3) is 5.81. The van der Waals surface area contributed by atoms with Gasteiger partial charge in [0.1, 0.15) is 23.0 Å². The lowest BCUT2D eigenvalue weighted by molar-refractivity contribution is 0.413. The number of hydrogen-bond acceptors (Lipinski definition) is 4. The molecule has 202 valence electrons. The predicted octanol–water partition coefficient (Wildman–Crippen LogP) is 8.08. The van der Waals surface area contributed by atoms with Crippen molar-refractivity contribution in [2.45, 2.75) is 11.8 Å². The number of rotatable bonds is 10. The molecule has 0 heterocycles. The maximum absolute atomic E-state index is 5.56. The van der Waals surface area contributed by atoms with Crippen molar-refractivity contribution < 1.29 is 18.9 Å². The van der Waals surface area contributed by atoms with E-state index in [1.165, 1.54) is 11.1 Å². The van der Waals surface area contributed by atoms with Gasteiger partial charge in [0.2, 0.25) is 0 Å². The Morgan fingerprint density at radius 3 is 0.800 bits per heavy atom. The van der Waals surface area contributed by atoms with Crippen molar-refractivity contribution in [1.82, 2.24) is 0 Å². The molecule has 0 saturated heterocycles. The third-order valence-electron chi connectivity index (χ3n) is 7.31. The summed E-state index contributed by atoms with van der Waals surface area (Å²) in [6.07, 6.45) is 0. The molecule has 0 radical (unpaired) electrons. The molecule has 0 aliphatic carbocycles. The maximum Gasteiger partial charge on any atom is 0.119 e. The fraction of sp³-hybridized carbons (Fsp3) is 0.167. The van der Waals surface area contributed by atoms with Gasteiger partial charge < -0.3 is 18.9 Å². The zero-order valence-corrected chi connectivity index (χ0v) is 23.3. The van der Waals surface area contributed by atoms with Gasteiger partial charge in [-0.05, 0) is 81.9 Å². The van der Waals surface area contributed by atoms with Gasteiger partial charge in [-0.25, -0.2) is 0 Å². The normalized spacial score (nSPS) is 10.9. The second-order valence-corrected chi connectivity index (χ2v) is 9.64. The second kappa shape index (κ2) is 12.4. The molecule has 0 spiro atoms. The van der Waals surface area contributed by atoms with Crippen LogP contribution in [0.3, 0.4) is 0 Å². The monoisotopic (exact) mass is 530 g/mol. The summed E-state index contributed by atoms with van der Waals surface area (Å²) in [5.41, 5.74) is 6.96. The lowest BCUT2D eigenvalue weighted by atomic mass is 9.81. The Morgan fingerprint density at radius 2 is 0.575 bits per heavy atom. The Morgan fingerprint density at radius 1 is 0.325 bits per heavy atom. The van der Waals surface area contributed by atoms with Crippen LogP contribution in [0.4, 0.5) is 0 Å². The Hall–Kier alpha value is -4.70. The van der Waals surface area contributed by atoms with Gasteiger partial charge in [0.15, 0.2) is 0 Å². The lowest BCUT2D eigenvalue weighted by Gasteiger charge is -2.23. The fourth-order valence-corrected chi connectivity index (χ4v) is 5.32. The van der Waals surface area contributed by atoms with Gasteiger partial charge in [-0.2, -0.15) is 0 Å². The van der Waals surface area contributed by atoms with Crippen LogP contribution in [0.5, 0.6) is 23.0 Å². The molecule has 0 amide bonds. The van der Waals surface area contributed by atoms with Crippen LogP contribution < -0.4 is 18.9 Å². The van der Waals surface area contributed by atoms with E-state index in [1.54, 1.807) is 28.4 Å². The molecule has 4 nitrogen and oxygen atoms in total. The Labute approximate surface area is 236 Å². The molecule has 0 bridgehead atoms. The van der Waals surface area contributed by atoms with E-state index in [9.17, 15) is 0 Å². The molecular formula is C36H34O4. The Bertz CT molecular complexity index is 1340. The average molecular weight is 531 g/mol. The number of ether oxygens (including phenoxy) is 4. The first-order valence-corrected chi connectivity index (χ1v) is 13.3. The highest BCUT2D eigenvalue weighted by molar-refractivity contribution is 5.51. The van der Waals surface area contributed by atoms with Crippen molar-refractivity contribution in [2.75, 3.05) is 28.4 Å². The summed E-state index contributed by atoms with van der Waals surface area (Å²) >= 11 is 0. The Kier molecular flexibility index (Phi) is 8.36. The van der Waals surface area contributed by atoms with Gasteiger partial charge in [-0.3, -0.25) is 0 Å². The molecule has 0 aliphatic rings. The minimum absolute atomic E-state index is 0.00587. The molecule has 0 aliphatic heterocycles. The zero-order valence-electron chi connectivity index (χ0n) is 23.3. The standard InChI is InChI=1S/C36H34O4/c1-37-31-13-5-9-27(21-31)35(28-10-6-14-32(22-28)38-2)25-17-19-26(20-18-25)36(29-11-7-15-33(23-29)39-3)30-12-8-16-34(24-30)40-4/h5-24,35-36H,1-4H3. The number of hydrogen-bond donors (Lipinski definition) is 0. The largest absolute Gasteiger partial charge is 0.497 e. The third-order valence-corrected chi connectivity index (χ3v) is 7.31. The summed E-state index contributed by atoms with van der Waals surface area (Å²) in [6.45, 7) is 0. The van der Waals surface area contributed by atoms with Crippen LogP contribution in [-0.4, -0.2) is 28.4 Å². The molecule has 4 heteroatoms. The quantitative estimate of drug-likeness (QED) is 0.171. The lowest BCUT2D eigenvalue weighted by Crippen LogP contribution is -2.07. The number of benzene rings is 5. The van der Waals surface area contributed by atoms with Gasteiger partial charge in [0, 0.05) is 11.8 Å². The van der Waals surface area contributed by atoms with Crippen molar-refractivity contribution >= 4 is 0 Å². The van der Waals surface area contributed by atoms with E-state index in [1.807, 2.05) is 48.5 Å². The van der Waals surface area contributed by atoms with E-state index in [0.29, 0.717) is 0 Å². The van der Waals surface area contributed by atoms with E-state index in [-0.39, 0.29) is 11.8 Å². The Balaban J connectivity index is 1.61. The van der Waals surface area contributed by atoms with Crippen LogP contribution in [0.25, 0.3) is 0 Å². The highest BCUT2D eigenvalue weighted by atomic mass is 16.5. The molecule has 0 aromatic heterocycles. The van der Waals surface area contributed by atoms with Crippen LogP contribution >= 0.6 is 0 Å². The summed E-state index contributed by atoms with van der Waals surface area (Å²) in [5, 5.41) is 0. The minimum Gasteiger partial charge on any atom is -0.497 e. The van der Waals surface area contributed by atoms with Gasteiger partial charge in [0.25, 0.3) is 0 Å². The summed E-state index contributed by atoms with van der Waals surface area (Å²) in [5.74, 6) is 3.34. The van der Waals surface area contributed by atoms with Crippen LogP contribution in [0.2, 0.25) is 0 Å². The van der Waals surface area contributed by atoms with Crippen LogP contribution in [-0.2, 0) is 0 Å². The van der Waals surface area contributed by atoms with E-state index in [4.69, 9.17) is 18.9 Å². The molecule has 5 rings (SSSR count). The summed E-state index contributed by atoms with van der Waals surface area (Å²) < 4.78 is 22.3. The molecule has 0 atom stereocenters. The topological polar surface area (TPSA) is 36.9 Å². The van der Waals surface area contributed by atoms with Crippen molar-refractivity contribution in [2.24, 2.45) is 0 Å². The van der Waals surface area contributed by atoms with E-state index >= 15 is 0 Å². The molecule has 0 fully saturated rings. The van der Waals surface area contributed by atoms with Crippen molar-refractivity contribution in [3.05, 3.63) is 155 Å². The predicted molar refractivity (Wildman–Crippen MR) is 160 cm³/mol. The fourth-order valence-electron chi connectivity index (χ4n) is 5.32. The van der Waals surface area contributed by atoms with Crippen molar-refractivity contribution in [3.63, 3.8) is 0 Å². The van der Waals surface area contributed by atoms with Gasteiger partial charge in [-0.15, -0.1) is 0 Å². The van der Waals surface area contributed by atoms with E-state index < -0.39 is 0 Å². The summed E-state index contributed by atoms with van der Waals surface area (Å²) in [4.78, 5) is 0.